The van der Waals surface area contributed by atoms with Gasteiger partial charge < -0.3 is 9.64 Å². The molecular weight excluding hydrogens is 324 g/mol. The van der Waals surface area contributed by atoms with Crippen LogP contribution in [0.4, 0.5) is 5.95 Å². The predicted molar refractivity (Wildman–Crippen MR) is 93.8 cm³/mol. The third-order valence-corrected chi connectivity index (χ3v) is 5.35. The molecule has 0 spiro atoms. The van der Waals surface area contributed by atoms with Crippen molar-refractivity contribution in [3.8, 4) is 0 Å². The average Bonchev–Trinajstić information content (AvgIpc) is 3.08. The molecular formula is C17H22N4O2S. The molecule has 1 saturated heterocycles. The van der Waals surface area contributed by atoms with E-state index in [0.29, 0.717) is 18.2 Å². The lowest BCUT2D eigenvalue weighted by Crippen LogP contribution is -2.34. The molecule has 3 rings (SSSR count). The van der Waals surface area contributed by atoms with Gasteiger partial charge in [0.1, 0.15) is 0 Å². The molecule has 0 aliphatic carbocycles. The van der Waals surface area contributed by atoms with Crippen molar-refractivity contribution in [2.45, 2.75) is 39.5 Å². The molecule has 0 radical (unpaired) electrons. The quantitative estimate of drug-likeness (QED) is 0.793. The van der Waals surface area contributed by atoms with Crippen LogP contribution in [-0.4, -0.2) is 40.6 Å². The van der Waals surface area contributed by atoms with Gasteiger partial charge >= 0.3 is 5.97 Å². The van der Waals surface area contributed by atoms with Crippen molar-refractivity contribution in [2.24, 2.45) is 0 Å². The van der Waals surface area contributed by atoms with Crippen LogP contribution in [-0.2, 0) is 4.74 Å². The number of hydrogen-bond acceptors (Lipinski definition) is 7. The van der Waals surface area contributed by atoms with E-state index in [2.05, 4.69) is 19.9 Å². The van der Waals surface area contributed by atoms with Gasteiger partial charge in [-0.2, -0.15) is 0 Å². The highest BCUT2D eigenvalue weighted by atomic mass is 32.1. The van der Waals surface area contributed by atoms with Gasteiger partial charge in [-0.1, -0.05) is 0 Å². The molecule has 0 unspecified atom stereocenters. The Hall–Kier alpha value is -2.02. The van der Waals surface area contributed by atoms with Crippen molar-refractivity contribution >= 4 is 23.3 Å². The summed E-state index contributed by atoms with van der Waals surface area (Å²) >= 11 is 1.55. The van der Waals surface area contributed by atoms with Gasteiger partial charge in [-0.25, -0.2) is 19.7 Å². The number of aryl methyl sites for hydroxylation is 2. The van der Waals surface area contributed by atoms with E-state index in [9.17, 15) is 4.79 Å². The minimum Gasteiger partial charge on any atom is -0.461 e. The highest BCUT2D eigenvalue weighted by molar-refractivity contribution is 7.09. The second kappa shape index (κ2) is 7.25. The molecule has 0 saturated carbocycles. The smallest absolute Gasteiger partial charge is 0.357 e. The first kappa shape index (κ1) is 16.8. The summed E-state index contributed by atoms with van der Waals surface area (Å²) in [5.74, 6) is 0.866. The lowest BCUT2D eigenvalue weighted by molar-refractivity contribution is 0.0520. The molecule has 2 aromatic rings. The largest absolute Gasteiger partial charge is 0.461 e. The maximum absolute atomic E-state index is 11.7. The molecule has 7 heteroatoms. The van der Waals surface area contributed by atoms with Crippen LogP contribution in [0.15, 0.2) is 11.6 Å². The Balaban J connectivity index is 1.62. The molecule has 1 fully saturated rings. The van der Waals surface area contributed by atoms with Crippen molar-refractivity contribution in [3.05, 3.63) is 33.5 Å². The van der Waals surface area contributed by atoms with Crippen LogP contribution in [0.25, 0.3) is 0 Å². The Morgan fingerprint density at radius 1 is 1.33 bits per heavy atom. The fourth-order valence-electron chi connectivity index (χ4n) is 2.77. The third kappa shape index (κ3) is 3.56. The number of carbonyl (C=O) groups is 1. The number of anilines is 1. The van der Waals surface area contributed by atoms with Crippen LogP contribution in [0.2, 0.25) is 0 Å². The number of hydrogen-bond donors (Lipinski definition) is 0. The SMILES string of the molecule is CCOC(=O)c1csc(C2CCN(c3ncc(C)c(C)n3)CC2)n1. The van der Waals surface area contributed by atoms with Crippen molar-refractivity contribution < 1.29 is 9.53 Å². The zero-order valence-corrected chi connectivity index (χ0v) is 15.1. The van der Waals surface area contributed by atoms with E-state index >= 15 is 0 Å². The van der Waals surface area contributed by atoms with Crippen LogP contribution in [0.3, 0.4) is 0 Å². The molecule has 3 heterocycles. The van der Waals surface area contributed by atoms with Gasteiger partial charge in [0, 0.05) is 36.3 Å². The highest BCUT2D eigenvalue weighted by Gasteiger charge is 2.25. The lowest BCUT2D eigenvalue weighted by atomic mass is 9.98. The van der Waals surface area contributed by atoms with E-state index in [1.165, 1.54) is 0 Å². The first-order chi connectivity index (χ1) is 11.6. The summed E-state index contributed by atoms with van der Waals surface area (Å²) in [7, 11) is 0. The first-order valence-electron chi connectivity index (χ1n) is 8.26. The van der Waals surface area contributed by atoms with Crippen LogP contribution in [0, 0.1) is 13.8 Å². The minimum absolute atomic E-state index is 0.332. The summed E-state index contributed by atoms with van der Waals surface area (Å²) in [6, 6.07) is 0. The third-order valence-electron chi connectivity index (χ3n) is 4.35. The van der Waals surface area contributed by atoms with Crippen molar-refractivity contribution in [2.75, 3.05) is 24.6 Å². The minimum atomic E-state index is -0.332. The van der Waals surface area contributed by atoms with E-state index in [1.807, 2.05) is 20.0 Å². The van der Waals surface area contributed by atoms with Gasteiger partial charge in [0.05, 0.1) is 11.6 Å². The number of ether oxygens (including phenoxy) is 1. The number of thiazole rings is 1. The molecule has 0 N–H and O–H groups in total. The van der Waals surface area contributed by atoms with Gasteiger partial charge in [0.2, 0.25) is 5.95 Å². The molecule has 24 heavy (non-hydrogen) atoms. The summed E-state index contributed by atoms with van der Waals surface area (Å²) in [5, 5.41) is 2.82. The summed E-state index contributed by atoms with van der Waals surface area (Å²) in [4.78, 5) is 27.5. The van der Waals surface area contributed by atoms with Crippen molar-refractivity contribution in [3.63, 3.8) is 0 Å². The molecule has 2 aromatic heterocycles. The topological polar surface area (TPSA) is 68.2 Å². The molecule has 0 bridgehead atoms. The monoisotopic (exact) mass is 346 g/mol. The molecule has 0 amide bonds. The predicted octanol–water partition coefficient (Wildman–Crippen LogP) is 3.11. The van der Waals surface area contributed by atoms with E-state index < -0.39 is 0 Å². The standard InChI is InChI=1S/C17H22N4O2S/c1-4-23-16(22)14-10-24-15(20-14)13-5-7-21(8-6-13)17-18-9-11(2)12(3)19-17/h9-10,13H,4-8H2,1-3H3. The Morgan fingerprint density at radius 3 is 2.75 bits per heavy atom. The summed E-state index contributed by atoms with van der Waals surface area (Å²) in [6.45, 7) is 8.02. The zero-order valence-electron chi connectivity index (χ0n) is 14.3. The summed E-state index contributed by atoms with van der Waals surface area (Å²) in [5.41, 5.74) is 2.57. The van der Waals surface area contributed by atoms with Crippen LogP contribution in [0.5, 0.6) is 0 Å². The van der Waals surface area contributed by atoms with Crippen molar-refractivity contribution in [1.29, 1.82) is 0 Å². The van der Waals surface area contributed by atoms with Gasteiger partial charge in [-0.3, -0.25) is 0 Å². The molecule has 0 atom stereocenters. The number of nitrogens with zero attached hydrogens (tertiary/aromatic N) is 4. The number of rotatable bonds is 4. The number of piperidine rings is 1. The van der Waals surface area contributed by atoms with E-state index in [0.717, 1.165) is 48.1 Å². The van der Waals surface area contributed by atoms with E-state index in [-0.39, 0.29) is 5.97 Å². The molecule has 1 aliphatic rings. The Kier molecular flexibility index (Phi) is 5.08. The fourth-order valence-corrected chi connectivity index (χ4v) is 3.73. The molecule has 1 aliphatic heterocycles. The zero-order chi connectivity index (χ0) is 17.1. The van der Waals surface area contributed by atoms with E-state index in [4.69, 9.17) is 4.74 Å². The number of carbonyl (C=O) groups excluding carboxylic acids is 1. The summed E-state index contributed by atoms with van der Waals surface area (Å²) < 4.78 is 5.00. The number of esters is 1. The second-order valence-electron chi connectivity index (χ2n) is 5.99. The Morgan fingerprint density at radius 2 is 2.08 bits per heavy atom. The first-order valence-corrected chi connectivity index (χ1v) is 9.14. The highest BCUT2D eigenvalue weighted by Crippen LogP contribution is 2.31. The second-order valence-corrected chi connectivity index (χ2v) is 6.88. The maximum atomic E-state index is 11.7. The van der Waals surface area contributed by atoms with Crippen LogP contribution < -0.4 is 4.90 Å². The number of aromatic nitrogens is 3. The lowest BCUT2D eigenvalue weighted by Gasteiger charge is -2.31. The molecule has 128 valence electrons. The molecule has 6 nitrogen and oxygen atoms in total. The fraction of sp³-hybridized carbons (Fsp3) is 0.529. The van der Waals surface area contributed by atoms with Gasteiger partial charge in [0.15, 0.2) is 5.69 Å². The van der Waals surface area contributed by atoms with Crippen molar-refractivity contribution in [1.82, 2.24) is 15.0 Å². The Labute approximate surface area is 145 Å². The van der Waals surface area contributed by atoms with E-state index in [1.54, 1.807) is 23.6 Å². The van der Waals surface area contributed by atoms with Crippen LogP contribution in [0.1, 0.15) is 52.4 Å². The Bertz CT molecular complexity index is 723. The van der Waals surface area contributed by atoms with Gasteiger partial charge in [-0.05, 0) is 39.2 Å². The normalized spacial score (nSPS) is 15.5. The van der Waals surface area contributed by atoms with Gasteiger partial charge in [0.25, 0.3) is 0 Å². The maximum Gasteiger partial charge on any atom is 0.357 e. The summed E-state index contributed by atoms with van der Waals surface area (Å²) in [6.07, 6.45) is 3.87. The van der Waals surface area contributed by atoms with Gasteiger partial charge in [-0.15, -0.1) is 11.3 Å². The van der Waals surface area contributed by atoms with Crippen LogP contribution >= 0.6 is 11.3 Å². The molecule has 0 aromatic carbocycles. The average molecular weight is 346 g/mol.